The molecule has 22 heavy (non-hydrogen) atoms. The highest BCUT2D eigenvalue weighted by Gasteiger charge is 2.43. The number of methoxy groups -OCH3 is 1. The summed E-state index contributed by atoms with van der Waals surface area (Å²) >= 11 is 0. The van der Waals surface area contributed by atoms with Crippen LogP contribution in [0.15, 0.2) is 36.4 Å². The lowest BCUT2D eigenvalue weighted by Crippen LogP contribution is -2.30. The number of hydrogen-bond acceptors (Lipinski definition) is 4. The van der Waals surface area contributed by atoms with Gasteiger partial charge in [-0.2, -0.15) is 5.26 Å². The van der Waals surface area contributed by atoms with Crippen LogP contribution in [-0.4, -0.2) is 13.1 Å². The van der Waals surface area contributed by atoms with Crippen molar-refractivity contribution >= 4 is 16.7 Å². The summed E-state index contributed by atoms with van der Waals surface area (Å²) in [5.74, 6) is 0.780. The third-order valence-corrected chi connectivity index (χ3v) is 4.29. The lowest BCUT2D eigenvalue weighted by molar-refractivity contribution is -0.142. The number of nitrogens with zero attached hydrogens (tertiary/aromatic N) is 1. The van der Waals surface area contributed by atoms with Crippen LogP contribution in [0.4, 0.5) is 0 Å². The van der Waals surface area contributed by atoms with Crippen LogP contribution in [0, 0.1) is 16.7 Å². The second kappa shape index (κ2) is 5.69. The summed E-state index contributed by atoms with van der Waals surface area (Å²) in [6.07, 6.45) is 2.97. The van der Waals surface area contributed by atoms with Gasteiger partial charge in [-0.15, -0.1) is 0 Å². The maximum atomic E-state index is 12.4. The molecule has 112 valence electrons. The number of nitriles is 1. The van der Waals surface area contributed by atoms with Gasteiger partial charge in [-0.3, -0.25) is 0 Å². The predicted molar refractivity (Wildman–Crippen MR) is 82.6 cm³/mol. The Morgan fingerprint density at radius 3 is 2.36 bits per heavy atom. The summed E-state index contributed by atoms with van der Waals surface area (Å²) in [7, 11) is 1.61. The second-order valence-corrected chi connectivity index (χ2v) is 5.67. The van der Waals surface area contributed by atoms with Crippen molar-refractivity contribution in [1.29, 1.82) is 5.26 Å². The maximum absolute atomic E-state index is 12.4. The molecule has 0 atom stereocenters. The molecule has 4 nitrogen and oxygen atoms in total. The van der Waals surface area contributed by atoms with Crippen LogP contribution in [-0.2, 0) is 4.79 Å². The first kappa shape index (κ1) is 14.4. The molecule has 0 radical (unpaired) electrons. The van der Waals surface area contributed by atoms with Crippen molar-refractivity contribution in [1.82, 2.24) is 0 Å². The summed E-state index contributed by atoms with van der Waals surface area (Å²) in [6, 6.07) is 13.3. The van der Waals surface area contributed by atoms with E-state index in [0.29, 0.717) is 18.6 Å². The molecule has 1 aliphatic rings. The Kier molecular flexibility index (Phi) is 3.72. The summed E-state index contributed by atoms with van der Waals surface area (Å²) in [5, 5.41) is 11.3. The van der Waals surface area contributed by atoms with Crippen LogP contribution < -0.4 is 9.47 Å². The van der Waals surface area contributed by atoms with E-state index in [9.17, 15) is 10.1 Å². The largest absolute Gasteiger partial charge is 0.497 e. The molecule has 0 aliphatic heterocycles. The topological polar surface area (TPSA) is 59.3 Å². The zero-order valence-corrected chi connectivity index (χ0v) is 12.5. The minimum atomic E-state index is -0.969. The van der Waals surface area contributed by atoms with Crippen LogP contribution in [0.25, 0.3) is 10.8 Å². The fourth-order valence-electron chi connectivity index (χ4n) is 2.94. The quantitative estimate of drug-likeness (QED) is 0.637. The summed E-state index contributed by atoms with van der Waals surface area (Å²) in [5.41, 5.74) is -0.969. The normalized spacial score (nSPS) is 16.2. The SMILES string of the molecule is COc1ccc2ccc(OC(=O)C3(C#N)CCCC3)cc2c1. The van der Waals surface area contributed by atoms with Gasteiger partial charge in [0.2, 0.25) is 0 Å². The number of hydrogen-bond donors (Lipinski definition) is 0. The van der Waals surface area contributed by atoms with Crippen molar-refractivity contribution in [3.05, 3.63) is 36.4 Å². The molecule has 2 aromatic rings. The average Bonchev–Trinajstić information content (AvgIpc) is 3.04. The van der Waals surface area contributed by atoms with Gasteiger partial charge in [-0.05, 0) is 47.9 Å². The van der Waals surface area contributed by atoms with E-state index in [1.807, 2.05) is 24.3 Å². The zero-order valence-electron chi connectivity index (χ0n) is 12.5. The van der Waals surface area contributed by atoms with Gasteiger partial charge < -0.3 is 9.47 Å². The third kappa shape index (κ3) is 2.50. The van der Waals surface area contributed by atoms with Gasteiger partial charge in [-0.1, -0.05) is 25.0 Å². The van der Waals surface area contributed by atoms with E-state index in [0.717, 1.165) is 29.4 Å². The molecular weight excluding hydrogens is 278 g/mol. The average molecular weight is 295 g/mol. The molecule has 0 spiro atoms. The minimum Gasteiger partial charge on any atom is -0.497 e. The minimum absolute atomic E-state index is 0.435. The summed E-state index contributed by atoms with van der Waals surface area (Å²) < 4.78 is 10.7. The van der Waals surface area contributed by atoms with Crippen LogP contribution >= 0.6 is 0 Å². The van der Waals surface area contributed by atoms with Gasteiger partial charge in [-0.25, -0.2) is 4.79 Å². The number of carbonyl (C=O) groups is 1. The van der Waals surface area contributed by atoms with Crippen LogP contribution in [0.3, 0.4) is 0 Å². The highest BCUT2D eigenvalue weighted by Crippen LogP contribution is 2.39. The summed E-state index contributed by atoms with van der Waals surface area (Å²) in [6.45, 7) is 0. The van der Waals surface area contributed by atoms with Gasteiger partial charge in [0.1, 0.15) is 11.5 Å². The monoisotopic (exact) mass is 295 g/mol. The molecule has 1 aliphatic carbocycles. The van der Waals surface area contributed by atoms with Gasteiger partial charge in [0.25, 0.3) is 0 Å². The van der Waals surface area contributed by atoms with Crippen molar-refractivity contribution < 1.29 is 14.3 Å². The van der Waals surface area contributed by atoms with Crippen molar-refractivity contribution in [3.8, 4) is 17.6 Å². The Morgan fingerprint density at radius 1 is 1.09 bits per heavy atom. The van der Waals surface area contributed by atoms with E-state index >= 15 is 0 Å². The van der Waals surface area contributed by atoms with E-state index in [-0.39, 0.29) is 0 Å². The molecule has 2 aromatic carbocycles. The van der Waals surface area contributed by atoms with Crippen molar-refractivity contribution in [2.24, 2.45) is 5.41 Å². The van der Waals surface area contributed by atoms with Crippen LogP contribution in [0.2, 0.25) is 0 Å². The highest BCUT2D eigenvalue weighted by molar-refractivity contribution is 5.87. The van der Waals surface area contributed by atoms with Gasteiger partial charge in [0.15, 0.2) is 5.41 Å². The van der Waals surface area contributed by atoms with Gasteiger partial charge in [0.05, 0.1) is 13.2 Å². The van der Waals surface area contributed by atoms with Crippen LogP contribution in [0.1, 0.15) is 25.7 Å². The zero-order chi connectivity index (χ0) is 15.6. The first-order valence-electron chi connectivity index (χ1n) is 7.38. The van der Waals surface area contributed by atoms with E-state index in [2.05, 4.69) is 6.07 Å². The molecule has 0 saturated heterocycles. The molecule has 1 saturated carbocycles. The molecular formula is C18H17NO3. The molecule has 0 amide bonds. The number of rotatable bonds is 3. The lowest BCUT2D eigenvalue weighted by Gasteiger charge is -2.18. The van der Waals surface area contributed by atoms with Crippen molar-refractivity contribution in [2.75, 3.05) is 7.11 Å². The highest BCUT2D eigenvalue weighted by atomic mass is 16.5. The van der Waals surface area contributed by atoms with E-state index < -0.39 is 11.4 Å². The Bertz CT molecular complexity index is 755. The van der Waals surface area contributed by atoms with Crippen LogP contribution in [0.5, 0.6) is 11.5 Å². The Balaban J connectivity index is 1.87. The summed E-state index contributed by atoms with van der Waals surface area (Å²) in [4.78, 5) is 12.4. The fourth-order valence-corrected chi connectivity index (χ4v) is 2.94. The Labute approximate surface area is 129 Å². The first-order chi connectivity index (χ1) is 10.7. The lowest BCUT2D eigenvalue weighted by atomic mass is 9.88. The molecule has 0 N–H and O–H groups in total. The second-order valence-electron chi connectivity index (χ2n) is 5.67. The Hall–Kier alpha value is -2.54. The van der Waals surface area contributed by atoms with Gasteiger partial charge in [0, 0.05) is 0 Å². The number of fused-ring (bicyclic) bond motifs is 1. The van der Waals surface area contributed by atoms with E-state index in [4.69, 9.17) is 9.47 Å². The molecule has 0 unspecified atom stereocenters. The number of esters is 1. The standard InChI is InChI=1S/C18H17NO3/c1-21-15-6-4-13-5-7-16(11-14(13)10-15)22-17(20)18(12-19)8-2-3-9-18/h4-7,10-11H,2-3,8-9H2,1H3. The molecule has 0 bridgehead atoms. The fraction of sp³-hybridized carbons (Fsp3) is 0.333. The maximum Gasteiger partial charge on any atom is 0.331 e. The predicted octanol–water partition coefficient (Wildman–Crippen LogP) is 3.84. The smallest absolute Gasteiger partial charge is 0.331 e. The van der Waals surface area contributed by atoms with Crippen molar-refractivity contribution in [2.45, 2.75) is 25.7 Å². The number of carbonyl (C=O) groups excluding carboxylic acids is 1. The number of ether oxygens (including phenoxy) is 2. The van der Waals surface area contributed by atoms with Crippen molar-refractivity contribution in [3.63, 3.8) is 0 Å². The van der Waals surface area contributed by atoms with Gasteiger partial charge >= 0.3 is 5.97 Å². The molecule has 3 rings (SSSR count). The molecule has 0 aromatic heterocycles. The first-order valence-corrected chi connectivity index (χ1v) is 7.38. The third-order valence-electron chi connectivity index (χ3n) is 4.29. The van der Waals surface area contributed by atoms with E-state index in [1.165, 1.54) is 0 Å². The number of benzene rings is 2. The molecule has 4 heteroatoms. The van der Waals surface area contributed by atoms with E-state index in [1.54, 1.807) is 19.2 Å². The molecule has 0 heterocycles. The Morgan fingerprint density at radius 2 is 1.73 bits per heavy atom. The molecule has 1 fully saturated rings.